The average molecular weight is 384 g/mol. The number of halogens is 1. The molecule has 0 atom stereocenters. The van der Waals surface area contributed by atoms with Gasteiger partial charge in [0.2, 0.25) is 0 Å². The summed E-state index contributed by atoms with van der Waals surface area (Å²) in [5.41, 5.74) is 0.570. The summed E-state index contributed by atoms with van der Waals surface area (Å²) >= 11 is 4.80. The summed E-state index contributed by atoms with van der Waals surface area (Å²) in [4.78, 5) is 1.08. The second kappa shape index (κ2) is 7.15. The Morgan fingerprint density at radius 2 is 1.81 bits per heavy atom. The number of hydrogen-bond acceptors (Lipinski definition) is 3. The Bertz CT molecular complexity index is 745. The largest absolute Gasteiger partial charge is 0.278 e. The van der Waals surface area contributed by atoms with Crippen molar-refractivity contribution in [3.05, 3.63) is 65.7 Å². The van der Waals surface area contributed by atoms with Crippen LogP contribution in [0.25, 0.3) is 0 Å². The summed E-state index contributed by atoms with van der Waals surface area (Å²) in [5.74, 6) is 0.716. The van der Waals surface area contributed by atoms with E-state index in [9.17, 15) is 8.42 Å². The number of hydrogen-bond donors (Lipinski definition) is 1. The van der Waals surface area contributed by atoms with Gasteiger partial charge in [-0.25, -0.2) is 8.42 Å². The van der Waals surface area contributed by atoms with Gasteiger partial charge in [-0.15, -0.1) is 18.3 Å². The normalized spacial score (nSPS) is 11.1. The van der Waals surface area contributed by atoms with Gasteiger partial charge in [-0.3, -0.25) is 4.72 Å². The first-order valence-corrected chi connectivity index (χ1v) is 9.41. The first kappa shape index (κ1) is 16.1. The van der Waals surface area contributed by atoms with Gasteiger partial charge < -0.3 is 0 Å². The van der Waals surface area contributed by atoms with E-state index < -0.39 is 10.0 Å². The average Bonchev–Trinajstić information content (AvgIpc) is 2.46. The topological polar surface area (TPSA) is 46.2 Å². The lowest BCUT2D eigenvalue weighted by molar-refractivity contribution is 0.600. The zero-order valence-corrected chi connectivity index (χ0v) is 14.3. The predicted octanol–water partition coefficient (Wildman–Crippen LogP) is 4.53. The Hall–Kier alpha value is -1.24. The van der Waals surface area contributed by atoms with Crippen LogP contribution in [0.15, 0.2) is 75.4 Å². The third-order valence-electron chi connectivity index (χ3n) is 2.61. The van der Waals surface area contributed by atoms with Crippen molar-refractivity contribution in [3.8, 4) is 0 Å². The second-order valence-corrected chi connectivity index (χ2v) is 7.70. The highest BCUT2D eigenvalue weighted by Crippen LogP contribution is 2.30. The van der Waals surface area contributed by atoms with Crippen LogP contribution < -0.4 is 4.72 Å². The summed E-state index contributed by atoms with van der Waals surface area (Å²) in [6.07, 6.45) is 1.78. The Morgan fingerprint density at radius 3 is 2.52 bits per heavy atom. The van der Waals surface area contributed by atoms with Gasteiger partial charge in [-0.1, -0.05) is 30.3 Å². The third kappa shape index (κ3) is 4.12. The van der Waals surface area contributed by atoms with Crippen molar-refractivity contribution in [2.45, 2.75) is 9.79 Å². The SMILES string of the molecule is C=CCSc1ccccc1NS(=O)(=O)c1ccccc1Br. The van der Waals surface area contributed by atoms with Gasteiger partial charge in [-0.05, 0) is 40.2 Å². The van der Waals surface area contributed by atoms with Gasteiger partial charge in [0.15, 0.2) is 0 Å². The molecule has 0 aromatic heterocycles. The van der Waals surface area contributed by atoms with E-state index in [2.05, 4.69) is 27.2 Å². The third-order valence-corrected chi connectivity index (χ3v) is 6.06. The number of benzene rings is 2. The van der Waals surface area contributed by atoms with Gasteiger partial charge >= 0.3 is 0 Å². The Kier molecular flexibility index (Phi) is 5.50. The molecule has 110 valence electrons. The van der Waals surface area contributed by atoms with Crippen LogP contribution in [0, 0.1) is 0 Å². The molecule has 0 aliphatic carbocycles. The molecule has 21 heavy (non-hydrogen) atoms. The number of anilines is 1. The number of rotatable bonds is 6. The van der Waals surface area contributed by atoms with E-state index in [0.717, 1.165) is 4.90 Å². The molecular weight excluding hydrogens is 370 g/mol. The van der Waals surface area contributed by atoms with Gasteiger partial charge in [0.05, 0.1) is 5.69 Å². The van der Waals surface area contributed by atoms with Gasteiger partial charge in [-0.2, -0.15) is 0 Å². The molecule has 0 amide bonds. The Morgan fingerprint density at radius 1 is 1.14 bits per heavy atom. The smallest absolute Gasteiger partial charge is 0.263 e. The molecule has 0 aliphatic rings. The van der Waals surface area contributed by atoms with Crippen molar-refractivity contribution >= 4 is 43.4 Å². The van der Waals surface area contributed by atoms with Crippen molar-refractivity contribution in [2.75, 3.05) is 10.5 Å². The fourth-order valence-corrected chi connectivity index (χ4v) is 4.58. The molecule has 2 rings (SSSR count). The molecule has 0 bridgehead atoms. The molecule has 0 aliphatic heterocycles. The van der Waals surface area contributed by atoms with Crippen molar-refractivity contribution in [1.82, 2.24) is 0 Å². The lowest BCUT2D eigenvalue weighted by atomic mass is 10.3. The molecule has 0 fully saturated rings. The van der Waals surface area contributed by atoms with Crippen molar-refractivity contribution < 1.29 is 8.42 Å². The van der Waals surface area contributed by atoms with Crippen molar-refractivity contribution in [3.63, 3.8) is 0 Å². The summed E-state index contributed by atoms with van der Waals surface area (Å²) in [6.45, 7) is 3.67. The molecule has 0 saturated heterocycles. The van der Waals surface area contributed by atoms with E-state index in [4.69, 9.17) is 0 Å². The zero-order chi connectivity index (χ0) is 15.3. The van der Waals surface area contributed by atoms with Crippen molar-refractivity contribution in [2.24, 2.45) is 0 Å². The number of thioether (sulfide) groups is 1. The van der Waals surface area contributed by atoms with E-state index in [0.29, 0.717) is 15.9 Å². The standard InChI is InChI=1S/C15H14BrNO2S2/c1-2-11-20-14-9-5-4-8-13(14)17-21(18,19)15-10-6-3-7-12(15)16/h2-10,17H,1,11H2. The minimum absolute atomic E-state index is 0.216. The van der Waals surface area contributed by atoms with Crippen LogP contribution in [0.1, 0.15) is 0 Å². The summed E-state index contributed by atoms with van der Waals surface area (Å²) in [7, 11) is -3.63. The first-order valence-electron chi connectivity index (χ1n) is 6.14. The minimum atomic E-state index is -3.63. The van der Waals surface area contributed by atoms with Crippen molar-refractivity contribution in [1.29, 1.82) is 0 Å². The highest BCUT2D eigenvalue weighted by atomic mass is 79.9. The van der Waals surface area contributed by atoms with Crippen LogP contribution >= 0.6 is 27.7 Å². The van der Waals surface area contributed by atoms with Gasteiger partial charge in [0.1, 0.15) is 4.90 Å². The second-order valence-electron chi connectivity index (χ2n) is 4.13. The molecule has 1 N–H and O–H groups in total. The molecule has 0 unspecified atom stereocenters. The highest BCUT2D eigenvalue weighted by Gasteiger charge is 2.18. The minimum Gasteiger partial charge on any atom is -0.278 e. The van der Waals surface area contributed by atoms with E-state index >= 15 is 0 Å². The maximum absolute atomic E-state index is 12.5. The zero-order valence-electron chi connectivity index (χ0n) is 11.1. The van der Waals surface area contributed by atoms with E-state index in [1.54, 1.807) is 42.5 Å². The fourth-order valence-electron chi connectivity index (χ4n) is 1.69. The van der Waals surface area contributed by atoms with Crippen LogP contribution in [0.2, 0.25) is 0 Å². The monoisotopic (exact) mass is 383 g/mol. The van der Waals surface area contributed by atoms with Crippen LogP contribution in [-0.2, 0) is 10.0 Å². The Labute approximate surface area is 137 Å². The summed E-state index contributed by atoms with van der Waals surface area (Å²) in [5, 5.41) is 0. The summed E-state index contributed by atoms with van der Waals surface area (Å²) in [6, 6.07) is 14.0. The van der Waals surface area contributed by atoms with Gasteiger partial charge in [0.25, 0.3) is 10.0 Å². The van der Waals surface area contributed by atoms with Crippen LogP contribution in [0.4, 0.5) is 5.69 Å². The molecule has 0 saturated carbocycles. The molecule has 0 spiro atoms. The molecular formula is C15H14BrNO2S2. The highest BCUT2D eigenvalue weighted by molar-refractivity contribution is 9.10. The summed E-state index contributed by atoms with van der Waals surface area (Å²) < 4.78 is 28.1. The molecule has 2 aromatic rings. The maximum atomic E-state index is 12.5. The molecule has 6 heteroatoms. The van der Waals surface area contributed by atoms with Crippen LogP contribution in [0.5, 0.6) is 0 Å². The van der Waals surface area contributed by atoms with E-state index in [1.165, 1.54) is 11.8 Å². The van der Waals surface area contributed by atoms with Gasteiger partial charge in [0, 0.05) is 15.1 Å². The Balaban J connectivity index is 2.33. The molecule has 0 radical (unpaired) electrons. The first-order chi connectivity index (χ1) is 10.0. The fraction of sp³-hybridized carbons (Fsp3) is 0.0667. The van der Waals surface area contributed by atoms with E-state index in [1.807, 2.05) is 12.1 Å². The number of nitrogens with one attached hydrogen (secondary N) is 1. The lowest BCUT2D eigenvalue weighted by Gasteiger charge is -2.12. The maximum Gasteiger partial charge on any atom is 0.263 e. The number of para-hydroxylation sites is 1. The van der Waals surface area contributed by atoms with Crippen LogP contribution in [-0.4, -0.2) is 14.2 Å². The van der Waals surface area contributed by atoms with E-state index in [-0.39, 0.29) is 4.90 Å². The quantitative estimate of drug-likeness (QED) is 0.588. The predicted molar refractivity (Wildman–Crippen MR) is 92.3 cm³/mol. The molecule has 0 heterocycles. The lowest BCUT2D eigenvalue weighted by Crippen LogP contribution is -2.14. The molecule has 2 aromatic carbocycles. The number of sulfonamides is 1. The molecule has 3 nitrogen and oxygen atoms in total. The van der Waals surface area contributed by atoms with Crippen LogP contribution in [0.3, 0.4) is 0 Å².